The number of ether oxygens (including phenoxy) is 1. The Morgan fingerprint density at radius 1 is 0.923 bits per heavy atom. The zero-order valence-corrected chi connectivity index (χ0v) is 15.4. The highest BCUT2D eigenvalue weighted by atomic mass is 32.2. The van der Waals surface area contributed by atoms with Crippen molar-refractivity contribution < 1.29 is 9.53 Å². The van der Waals surface area contributed by atoms with E-state index in [0.29, 0.717) is 0 Å². The summed E-state index contributed by atoms with van der Waals surface area (Å²) in [5.41, 5.74) is 2.81. The number of hydrogen-bond donors (Lipinski definition) is 1. The van der Waals surface area contributed by atoms with Gasteiger partial charge >= 0.3 is 0 Å². The van der Waals surface area contributed by atoms with Gasteiger partial charge in [-0.2, -0.15) is 0 Å². The number of hydrogen-bond acceptors (Lipinski definition) is 3. The molecule has 0 aliphatic rings. The summed E-state index contributed by atoms with van der Waals surface area (Å²) < 4.78 is 5.37. The maximum absolute atomic E-state index is 12.5. The average Bonchev–Trinajstić information content (AvgIpc) is 2.70. The molecule has 0 radical (unpaired) electrons. The molecule has 0 spiro atoms. The molecule has 0 fully saturated rings. The Balaban J connectivity index is 1.59. The third kappa shape index (κ3) is 4.97. The predicted octanol–water partition coefficient (Wildman–Crippen LogP) is 5.31. The van der Waals surface area contributed by atoms with Crippen molar-refractivity contribution in [3.05, 3.63) is 96.1 Å². The Morgan fingerprint density at radius 3 is 2.15 bits per heavy atom. The fourth-order valence-corrected chi connectivity index (χ4v) is 3.47. The first-order valence-corrected chi connectivity index (χ1v) is 9.40. The monoisotopic (exact) mass is 363 g/mol. The van der Waals surface area contributed by atoms with Crippen LogP contribution in [0.3, 0.4) is 0 Å². The summed E-state index contributed by atoms with van der Waals surface area (Å²) in [5, 5.41) is 2.92. The van der Waals surface area contributed by atoms with Crippen molar-refractivity contribution >= 4 is 23.4 Å². The standard InChI is InChI=1S/C22H21NO2S/c1-25-21(18-8-4-2-5-9-18)22(24)23-19-14-12-17(13-15-19)16-26-20-10-6-3-7-11-20/h2-15,21H,16H2,1H3,(H,23,24). The van der Waals surface area contributed by atoms with Gasteiger partial charge in [0.1, 0.15) is 0 Å². The number of methoxy groups -OCH3 is 1. The SMILES string of the molecule is COC(C(=O)Nc1ccc(CSc2ccccc2)cc1)c1ccccc1. The maximum atomic E-state index is 12.5. The summed E-state index contributed by atoms with van der Waals surface area (Å²) in [7, 11) is 1.54. The van der Waals surface area contributed by atoms with E-state index in [9.17, 15) is 4.79 Å². The predicted molar refractivity (Wildman–Crippen MR) is 107 cm³/mol. The molecule has 0 heterocycles. The number of amides is 1. The van der Waals surface area contributed by atoms with Crippen molar-refractivity contribution in [2.24, 2.45) is 0 Å². The van der Waals surface area contributed by atoms with Crippen LogP contribution in [0.25, 0.3) is 0 Å². The van der Waals surface area contributed by atoms with Crippen molar-refractivity contribution in [2.75, 3.05) is 12.4 Å². The molecule has 0 aromatic heterocycles. The Hall–Kier alpha value is -2.56. The fraction of sp³-hybridized carbons (Fsp3) is 0.136. The van der Waals surface area contributed by atoms with Crippen LogP contribution in [0.4, 0.5) is 5.69 Å². The van der Waals surface area contributed by atoms with Crippen LogP contribution in [-0.4, -0.2) is 13.0 Å². The summed E-state index contributed by atoms with van der Waals surface area (Å²) in [6, 6.07) is 27.7. The van der Waals surface area contributed by atoms with Crippen LogP contribution < -0.4 is 5.32 Å². The van der Waals surface area contributed by atoms with Gasteiger partial charge in [-0.1, -0.05) is 60.7 Å². The van der Waals surface area contributed by atoms with E-state index < -0.39 is 6.10 Å². The smallest absolute Gasteiger partial charge is 0.258 e. The van der Waals surface area contributed by atoms with E-state index in [1.54, 1.807) is 18.9 Å². The molecule has 0 bridgehead atoms. The van der Waals surface area contributed by atoms with Crippen molar-refractivity contribution in [3.63, 3.8) is 0 Å². The van der Waals surface area contributed by atoms with Crippen LogP contribution >= 0.6 is 11.8 Å². The molecule has 3 rings (SSSR count). The molecule has 1 amide bonds. The van der Waals surface area contributed by atoms with Gasteiger partial charge in [-0.05, 0) is 35.4 Å². The van der Waals surface area contributed by atoms with Gasteiger partial charge in [-0.3, -0.25) is 4.79 Å². The van der Waals surface area contributed by atoms with Crippen LogP contribution in [0.5, 0.6) is 0 Å². The highest BCUT2D eigenvalue weighted by molar-refractivity contribution is 7.98. The van der Waals surface area contributed by atoms with Crippen LogP contribution in [0.2, 0.25) is 0 Å². The topological polar surface area (TPSA) is 38.3 Å². The molecule has 1 atom stereocenters. The van der Waals surface area contributed by atoms with Gasteiger partial charge in [0.25, 0.3) is 5.91 Å². The first-order chi connectivity index (χ1) is 12.8. The molecule has 132 valence electrons. The molecule has 0 saturated carbocycles. The van der Waals surface area contributed by atoms with E-state index in [1.165, 1.54) is 10.5 Å². The van der Waals surface area contributed by atoms with Gasteiger partial charge in [-0.25, -0.2) is 0 Å². The summed E-state index contributed by atoms with van der Waals surface area (Å²) in [5.74, 6) is 0.716. The number of carbonyl (C=O) groups excluding carboxylic acids is 1. The molecule has 1 N–H and O–H groups in total. The van der Waals surface area contributed by atoms with Crippen LogP contribution in [0, 0.1) is 0 Å². The molecule has 0 aliphatic heterocycles. The number of rotatable bonds is 7. The Bertz CT molecular complexity index is 820. The van der Waals surface area contributed by atoms with Crippen LogP contribution in [0.15, 0.2) is 89.8 Å². The Labute approximate surface area is 158 Å². The van der Waals surface area contributed by atoms with Crippen molar-refractivity contribution in [3.8, 4) is 0 Å². The second-order valence-electron chi connectivity index (χ2n) is 5.81. The number of anilines is 1. The lowest BCUT2D eigenvalue weighted by Gasteiger charge is -2.15. The van der Waals surface area contributed by atoms with Crippen LogP contribution in [0.1, 0.15) is 17.2 Å². The molecule has 0 saturated heterocycles. The van der Waals surface area contributed by atoms with Gasteiger partial charge < -0.3 is 10.1 Å². The molecule has 0 aliphatic carbocycles. The van der Waals surface area contributed by atoms with E-state index in [4.69, 9.17) is 4.74 Å². The zero-order valence-electron chi connectivity index (χ0n) is 14.6. The minimum atomic E-state index is -0.621. The first kappa shape index (κ1) is 18.2. The largest absolute Gasteiger partial charge is 0.367 e. The molecule has 1 unspecified atom stereocenters. The summed E-state index contributed by atoms with van der Waals surface area (Å²) >= 11 is 1.79. The lowest BCUT2D eigenvalue weighted by molar-refractivity contribution is -0.126. The molecule has 3 aromatic carbocycles. The average molecular weight is 363 g/mol. The van der Waals surface area contributed by atoms with Crippen molar-refractivity contribution in [1.29, 1.82) is 0 Å². The highest BCUT2D eigenvalue weighted by Gasteiger charge is 2.19. The normalized spacial score (nSPS) is 11.7. The molecule has 3 nitrogen and oxygen atoms in total. The van der Waals surface area contributed by atoms with Gasteiger partial charge in [0.05, 0.1) is 0 Å². The van der Waals surface area contributed by atoms with E-state index >= 15 is 0 Å². The van der Waals surface area contributed by atoms with E-state index in [1.807, 2.05) is 72.8 Å². The van der Waals surface area contributed by atoms with Crippen LogP contribution in [-0.2, 0) is 15.3 Å². The lowest BCUT2D eigenvalue weighted by Crippen LogP contribution is -2.22. The number of thioether (sulfide) groups is 1. The van der Waals surface area contributed by atoms with E-state index in [2.05, 4.69) is 17.4 Å². The Morgan fingerprint density at radius 2 is 1.54 bits per heavy atom. The van der Waals surface area contributed by atoms with E-state index in [0.717, 1.165) is 17.0 Å². The van der Waals surface area contributed by atoms with Gasteiger partial charge in [0, 0.05) is 23.4 Å². The second kappa shape index (κ2) is 9.22. The molecular weight excluding hydrogens is 342 g/mol. The number of benzene rings is 3. The van der Waals surface area contributed by atoms with Crippen molar-refractivity contribution in [1.82, 2.24) is 0 Å². The third-order valence-corrected chi connectivity index (χ3v) is 5.03. The second-order valence-corrected chi connectivity index (χ2v) is 6.86. The molecule has 3 aromatic rings. The minimum Gasteiger partial charge on any atom is -0.367 e. The number of nitrogens with one attached hydrogen (secondary N) is 1. The maximum Gasteiger partial charge on any atom is 0.258 e. The third-order valence-electron chi connectivity index (χ3n) is 3.95. The zero-order chi connectivity index (χ0) is 18.2. The van der Waals surface area contributed by atoms with Gasteiger partial charge in [-0.15, -0.1) is 11.8 Å². The number of carbonyl (C=O) groups is 1. The fourth-order valence-electron chi connectivity index (χ4n) is 2.60. The summed E-state index contributed by atoms with van der Waals surface area (Å²) in [6.07, 6.45) is -0.621. The van der Waals surface area contributed by atoms with Gasteiger partial charge in [0.15, 0.2) is 6.10 Å². The summed E-state index contributed by atoms with van der Waals surface area (Å²) in [6.45, 7) is 0. The quantitative estimate of drug-likeness (QED) is 0.579. The summed E-state index contributed by atoms with van der Waals surface area (Å²) in [4.78, 5) is 13.7. The Kier molecular flexibility index (Phi) is 6.47. The lowest BCUT2D eigenvalue weighted by atomic mass is 10.1. The van der Waals surface area contributed by atoms with E-state index in [-0.39, 0.29) is 5.91 Å². The first-order valence-electron chi connectivity index (χ1n) is 8.41. The highest BCUT2D eigenvalue weighted by Crippen LogP contribution is 2.24. The molecule has 4 heteroatoms. The minimum absolute atomic E-state index is 0.176. The molecule has 26 heavy (non-hydrogen) atoms. The van der Waals surface area contributed by atoms with Crippen molar-refractivity contribution in [2.45, 2.75) is 16.8 Å². The molecular formula is C22H21NO2S. The van der Waals surface area contributed by atoms with Gasteiger partial charge in [0.2, 0.25) is 0 Å².